The lowest BCUT2D eigenvalue weighted by atomic mass is 9.95. The van der Waals surface area contributed by atoms with Gasteiger partial charge in [-0.15, -0.1) is 11.8 Å². The fourth-order valence-corrected chi connectivity index (χ4v) is 4.69. The molecular formula is C21H23Cl2N3O2S. The number of aryl methyl sites for hydroxylation is 1. The van der Waals surface area contributed by atoms with Gasteiger partial charge in [0.15, 0.2) is 0 Å². The number of nitrogens with zero attached hydrogens (tertiary/aromatic N) is 2. The van der Waals surface area contributed by atoms with Crippen molar-refractivity contribution in [1.82, 2.24) is 9.88 Å². The van der Waals surface area contributed by atoms with E-state index in [0.717, 1.165) is 10.5 Å². The molecule has 0 aliphatic carbocycles. The van der Waals surface area contributed by atoms with E-state index in [2.05, 4.69) is 10.3 Å². The van der Waals surface area contributed by atoms with Gasteiger partial charge in [-0.3, -0.25) is 9.59 Å². The van der Waals surface area contributed by atoms with Gasteiger partial charge in [-0.25, -0.2) is 4.98 Å². The van der Waals surface area contributed by atoms with Crippen LogP contribution in [0.4, 0.5) is 5.82 Å². The van der Waals surface area contributed by atoms with Crippen molar-refractivity contribution in [3.05, 3.63) is 52.1 Å². The smallest absolute Gasteiger partial charge is 0.235 e. The summed E-state index contributed by atoms with van der Waals surface area (Å²) in [4.78, 5) is 32.1. The summed E-state index contributed by atoms with van der Waals surface area (Å²) in [5, 5.41) is 3.75. The summed E-state index contributed by atoms with van der Waals surface area (Å²) in [6.45, 7) is 4.94. The summed E-state index contributed by atoms with van der Waals surface area (Å²) in [6, 6.07) is 8.94. The van der Waals surface area contributed by atoms with Gasteiger partial charge in [-0.05, 0) is 56.5 Å². The quantitative estimate of drug-likeness (QED) is 0.645. The van der Waals surface area contributed by atoms with Crippen LogP contribution in [0.2, 0.25) is 10.0 Å². The van der Waals surface area contributed by atoms with E-state index in [4.69, 9.17) is 23.2 Å². The van der Waals surface area contributed by atoms with Gasteiger partial charge < -0.3 is 10.2 Å². The number of amides is 2. The number of benzene rings is 1. The molecular weight excluding hydrogens is 429 g/mol. The molecule has 0 spiro atoms. The molecule has 2 heterocycles. The van der Waals surface area contributed by atoms with Gasteiger partial charge in [-0.2, -0.15) is 0 Å². The Balaban J connectivity index is 1.51. The van der Waals surface area contributed by atoms with Gasteiger partial charge in [0.1, 0.15) is 5.82 Å². The van der Waals surface area contributed by atoms with Crippen LogP contribution in [0.15, 0.2) is 41.4 Å². The van der Waals surface area contributed by atoms with Crippen molar-refractivity contribution in [3.63, 3.8) is 0 Å². The Morgan fingerprint density at radius 3 is 2.59 bits per heavy atom. The molecule has 1 aliphatic rings. The van der Waals surface area contributed by atoms with E-state index in [0.29, 0.717) is 41.8 Å². The van der Waals surface area contributed by atoms with Crippen molar-refractivity contribution in [2.24, 2.45) is 5.92 Å². The molecule has 1 N–H and O–H groups in total. The molecule has 2 amide bonds. The van der Waals surface area contributed by atoms with Crippen LogP contribution in [0, 0.1) is 12.8 Å². The third-order valence-electron chi connectivity index (χ3n) is 4.88. The van der Waals surface area contributed by atoms with Crippen molar-refractivity contribution in [3.8, 4) is 0 Å². The highest BCUT2D eigenvalue weighted by Crippen LogP contribution is 2.33. The molecule has 1 aliphatic heterocycles. The maximum atomic E-state index is 12.8. The predicted molar refractivity (Wildman–Crippen MR) is 119 cm³/mol. The number of carbonyl (C=O) groups excluding carboxylic acids is 2. The van der Waals surface area contributed by atoms with E-state index in [-0.39, 0.29) is 23.0 Å². The predicted octanol–water partition coefficient (Wildman–Crippen LogP) is 5.05. The number of halogens is 2. The molecule has 0 radical (unpaired) electrons. The van der Waals surface area contributed by atoms with Gasteiger partial charge in [0.2, 0.25) is 11.8 Å². The number of rotatable bonds is 5. The molecule has 2 aromatic rings. The molecule has 8 heteroatoms. The molecule has 154 valence electrons. The fourth-order valence-electron chi connectivity index (χ4n) is 3.20. The number of aromatic nitrogens is 1. The van der Waals surface area contributed by atoms with Crippen LogP contribution >= 0.6 is 35.0 Å². The highest BCUT2D eigenvalue weighted by atomic mass is 35.5. The summed E-state index contributed by atoms with van der Waals surface area (Å²) < 4.78 is 0. The van der Waals surface area contributed by atoms with Crippen molar-refractivity contribution in [1.29, 1.82) is 0 Å². The van der Waals surface area contributed by atoms with E-state index in [1.54, 1.807) is 30.5 Å². The lowest BCUT2D eigenvalue weighted by Crippen LogP contribution is -2.44. The average molecular weight is 452 g/mol. The molecule has 29 heavy (non-hydrogen) atoms. The second-order valence-electron chi connectivity index (χ2n) is 7.14. The lowest BCUT2D eigenvalue weighted by molar-refractivity contribution is -0.133. The van der Waals surface area contributed by atoms with Crippen molar-refractivity contribution < 1.29 is 9.59 Å². The molecule has 3 rings (SSSR count). The van der Waals surface area contributed by atoms with Crippen LogP contribution in [0.1, 0.15) is 25.3 Å². The summed E-state index contributed by atoms with van der Waals surface area (Å²) in [6.07, 6.45) is 3.00. The zero-order valence-electron chi connectivity index (χ0n) is 16.3. The molecule has 5 nitrogen and oxygen atoms in total. The summed E-state index contributed by atoms with van der Waals surface area (Å²) >= 11 is 13.6. The van der Waals surface area contributed by atoms with Crippen molar-refractivity contribution >= 4 is 52.6 Å². The maximum Gasteiger partial charge on any atom is 0.235 e. The Kier molecular flexibility index (Phi) is 7.44. The molecule has 1 saturated heterocycles. The first-order valence-electron chi connectivity index (χ1n) is 9.47. The number of carbonyl (C=O) groups is 2. The van der Waals surface area contributed by atoms with Gasteiger partial charge >= 0.3 is 0 Å². The van der Waals surface area contributed by atoms with E-state index in [1.165, 1.54) is 11.8 Å². The second kappa shape index (κ2) is 9.83. The summed E-state index contributed by atoms with van der Waals surface area (Å²) in [5.74, 6) is 0.446. The lowest BCUT2D eigenvalue weighted by Gasteiger charge is -2.32. The maximum absolute atomic E-state index is 12.8. The first kappa shape index (κ1) is 21.9. The zero-order valence-corrected chi connectivity index (χ0v) is 18.7. The normalized spacial score (nSPS) is 15.8. The van der Waals surface area contributed by atoms with Gasteiger partial charge in [0.25, 0.3) is 0 Å². The van der Waals surface area contributed by atoms with Crippen LogP contribution in [0.3, 0.4) is 0 Å². The Labute approximate surface area is 185 Å². The number of likely N-dealkylation sites (tertiary alicyclic amines) is 1. The van der Waals surface area contributed by atoms with E-state index >= 15 is 0 Å². The molecule has 1 aromatic heterocycles. The summed E-state index contributed by atoms with van der Waals surface area (Å²) in [5.41, 5.74) is 1.04. The minimum Gasteiger partial charge on any atom is -0.342 e. The Morgan fingerprint density at radius 1 is 1.21 bits per heavy atom. The topological polar surface area (TPSA) is 62.3 Å². The third-order valence-corrected chi connectivity index (χ3v) is 6.71. The number of anilines is 1. The SMILES string of the molecule is Cc1ccc(NC(=O)C2CCN(C(=O)C(C)Sc3cc(Cl)ccc3Cl)CC2)nc1. The van der Waals surface area contributed by atoms with Crippen molar-refractivity contribution in [2.45, 2.75) is 36.8 Å². The molecule has 1 unspecified atom stereocenters. The number of piperidine rings is 1. The highest BCUT2D eigenvalue weighted by Gasteiger charge is 2.30. The monoisotopic (exact) mass is 451 g/mol. The minimum absolute atomic E-state index is 0.0402. The Hall–Kier alpha value is -1.76. The molecule has 0 saturated carbocycles. The zero-order chi connectivity index (χ0) is 21.0. The van der Waals surface area contributed by atoms with Gasteiger partial charge in [0.05, 0.1) is 10.3 Å². The number of pyridine rings is 1. The minimum atomic E-state index is -0.284. The third kappa shape index (κ3) is 5.87. The van der Waals surface area contributed by atoms with Crippen LogP contribution in [0.25, 0.3) is 0 Å². The molecule has 0 bridgehead atoms. The summed E-state index contributed by atoms with van der Waals surface area (Å²) in [7, 11) is 0. The molecule has 1 aromatic carbocycles. The average Bonchev–Trinajstić information content (AvgIpc) is 2.72. The molecule has 1 atom stereocenters. The van der Waals surface area contributed by atoms with E-state index in [1.807, 2.05) is 24.8 Å². The van der Waals surface area contributed by atoms with Gasteiger partial charge in [-0.1, -0.05) is 29.3 Å². The number of hydrogen-bond donors (Lipinski definition) is 1. The Bertz CT molecular complexity index is 884. The first-order valence-corrected chi connectivity index (χ1v) is 11.1. The number of hydrogen-bond acceptors (Lipinski definition) is 4. The van der Waals surface area contributed by atoms with Crippen LogP contribution in [-0.2, 0) is 9.59 Å². The van der Waals surface area contributed by atoms with E-state index < -0.39 is 0 Å². The largest absolute Gasteiger partial charge is 0.342 e. The van der Waals surface area contributed by atoms with E-state index in [9.17, 15) is 9.59 Å². The van der Waals surface area contributed by atoms with Crippen molar-refractivity contribution in [2.75, 3.05) is 18.4 Å². The molecule has 1 fully saturated rings. The number of nitrogens with one attached hydrogen (secondary N) is 1. The first-order chi connectivity index (χ1) is 13.8. The van der Waals surface area contributed by atoms with Crippen LogP contribution in [0.5, 0.6) is 0 Å². The van der Waals surface area contributed by atoms with Crippen LogP contribution < -0.4 is 5.32 Å². The standard InChI is InChI=1S/C21H23Cl2N3O2S/c1-13-3-6-19(24-12-13)25-20(27)15-7-9-26(10-8-15)21(28)14(2)29-18-11-16(22)4-5-17(18)23/h3-6,11-12,14-15H,7-10H2,1-2H3,(H,24,25,27). The Morgan fingerprint density at radius 2 is 1.93 bits per heavy atom. The highest BCUT2D eigenvalue weighted by molar-refractivity contribution is 8.00. The van der Waals surface area contributed by atoms with Crippen LogP contribution in [-0.4, -0.2) is 40.0 Å². The van der Waals surface area contributed by atoms with Gasteiger partial charge in [0, 0.05) is 35.1 Å². The second-order valence-corrected chi connectivity index (χ2v) is 9.37. The number of thioether (sulfide) groups is 1. The fraction of sp³-hybridized carbons (Fsp3) is 0.381.